The molecule has 0 spiro atoms. The Morgan fingerprint density at radius 1 is 0.459 bits per heavy atom. The number of nitrogens with zero attached hydrogens (tertiary/aromatic N) is 1. The molecule has 10 heteroatoms. The van der Waals surface area contributed by atoms with Crippen molar-refractivity contribution in [1.82, 2.24) is 4.90 Å². The second-order valence-corrected chi connectivity index (χ2v) is 16.6. The van der Waals surface area contributed by atoms with Gasteiger partial charge in [0.1, 0.15) is 19.8 Å². The molecule has 10 nitrogen and oxygen atoms in total. The minimum Gasteiger partial charge on any atom is -0.465 e. The van der Waals surface area contributed by atoms with Crippen molar-refractivity contribution in [3.63, 3.8) is 0 Å². The highest BCUT2D eigenvalue weighted by atomic mass is 16.7. The molecule has 0 fully saturated rings. The highest BCUT2D eigenvalue weighted by Crippen LogP contribution is 2.14. The summed E-state index contributed by atoms with van der Waals surface area (Å²) in [6.07, 6.45) is 37.1. The minimum atomic E-state index is -0.782. The van der Waals surface area contributed by atoms with Gasteiger partial charge in [0.05, 0.1) is 18.9 Å². The van der Waals surface area contributed by atoms with Gasteiger partial charge in [-0.1, -0.05) is 162 Å². The van der Waals surface area contributed by atoms with E-state index in [1.54, 1.807) is 0 Å². The number of esters is 2. The molecule has 0 rings (SSSR count). The predicted molar refractivity (Wildman–Crippen MR) is 251 cm³/mol. The molecule has 0 radical (unpaired) electrons. The lowest BCUT2D eigenvalue weighted by molar-refractivity contribution is -0.161. The first-order valence-electron chi connectivity index (χ1n) is 25.3. The van der Waals surface area contributed by atoms with Gasteiger partial charge < -0.3 is 33.3 Å². The molecule has 0 saturated heterocycles. The van der Waals surface area contributed by atoms with Crippen molar-refractivity contribution in [2.75, 3.05) is 59.3 Å². The van der Waals surface area contributed by atoms with Crippen molar-refractivity contribution in [2.24, 2.45) is 5.92 Å². The zero-order valence-electron chi connectivity index (χ0n) is 40.2. The van der Waals surface area contributed by atoms with Gasteiger partial charge in [-0.2, -0.15) is 0 Å². The second kappa shape index (κ2) is 47.1. The number of carbonyl (C=O) groups is 3. The Hall–Kier alpha value is -2.43. The van der Waals surface area contributed by atoms with Crippen LogP contribution in [0.4, 0.5) is 4.79 Å². The quantitative estimate of drug-likeness (QED) is 0.0193. The third-order valence-electron chi connectivity index (χ3n) is 10.9. The molecule has 0 aromatic rings. The largest absolute Gasteiger partial charge is 0.508 e. The first-order chi connectivity index (χ1) is 29.9. The van der Waals surface area contributed by atoms with Crippen LogP contribution in [0.3, 0.4) is 0 Å². The summed E-state index contributed by atoms with van der Waals surface area (Å²) in [5.41, 5.74) is 0. The summed E-state index contributed by atoms with van der Waals surface area (Å²) in [5, 5.41) is 0. The summed E-state index contributed by atoms with van der Waals surface area (Å²) < 4.78 is 34.1. The third kappa shape index (κ3) is 42.6. The molecular formula is C51H95NO9. The lowest BCUT2D eigenvalue weighted by atomic mass is 10.1. The van der Waals surface area contributed by atoms with Gasteiger partial charge in [0, 0.05) is 32.6 Å². The summed E-state index contributed by atoms with van der Waals surface area (Å²) in [7, 11) is 0. The van der Waals surface area contributed by atoms with E-state index in [4.69, 9.17) is 28.4 Å². The molecule has 358 valence electrons. The van der Waals surface area contributed by atoms with Crippen LogP contribution in [0.5, 0.6) is 0 Å². The average molecular weight is 866 g/mol. The number of hydrogen-bond donors (Lipinski definition) is 0. The summed E-state index contributed by atoms with van der Waals surface area (Å²) in [6, 6.07) is 0. The predicted octanol–water partition coefficient (Wildman–Crippen LogP) is 13.6. The molecule has 0 aliphatic heterocycles. The van der Waals surface area contributed by atoms with Crippen LogP contribution in [-0.4, -0.2) is 88.6 Å². The molecule has 0 aromatic carbocycles. The Bertz CT molecular complexity index is 1010. The van der Waals surface area contributed by atoms with Crippen molar-refractivity contribution >= 4 is 18.1 Å². The number of unbranched alkanes of at least 4 members (excludes halogenated alkanes) is 19. The summed E-state index contributed by atoms with van der Waals surface area (Å²) in [5.74, 6) is -1.22. The van der Waals surface area contributed by atoms with E-state index in [0.29, 0.717) is 32.5 Å². The zero-order chi connectivity index (χ0) is 44.7. The first kappa shape index (κ1) is 58.6. The first-order valence-corrected chi connectivity index (χ1v) is 25.3. The van der Waals surface area contributed by atoms with Crippen LogP contribution in [0, 0.1) is 5.92 Å². The lowest BCUT2D eigenvalue weighted by Crippen LogP contribution is -2.28. The molecule has 0 aromatic heterocycles. The maximum absolute atomic E-state index is 13.0. The molecule has 0 saturated carbocycles. The van der Waals surface area contributed by atoms with E-state index in [-0.39, 0.29) is 38.8 Å². The Labute approximate surface area is 375 Å². The number of rotatable bonds is 46. The topological polar surface area (TPSA) is 110 Å². The molecule has 0 aliphatic rings. The van der Waals surface area contributed by atoms with Crippen molar-refractivity contribution in [2.45, 2.75) is 221 Å². The Kier molecular flexibility index (Phi) is 45.2. The molecule has 0 N–H and O–H groups in total. The highest BCUT2D eigenvalue weighted by molar-refractivity contribution is 5.69. The summed E-state index contributed by atoms with van der Waals surface area (Å²) in [4.78, 5) is 40.3. The SMILES string of the molecule is CCCCCC/C=C\C/C=C\CCCCCCCC(=O)OCC(COC(=O)CCC(OCCCCCCCC)OCCCCCCCC)COC(=O)OCCCN(CC)CC. The van der Waals surface area contributed by atoms with E-state index in [1.165, 1.54) is 83.5 Å². The van der Waals surface area contributed by atoms with Gasteiger partial charge in [0.2, 0.25) is 0 Å². The van der Waals surface area contributed by atoms with Gasteiger partial charge in [-0.05, 0) is 70.9 Å². The van der Waals surface area contributed by atoms with Crippen LogP contribution in [0.25, 0.3) is 0 Å². The third-order valence-corrected chi connectivity index (χ3v) is 10.9. The van der Waals surface area contributed by atoms with Crippen LogP contribution in [0.15, 0.2) is 24.3 Å². The van der Waals surface area contributed by atoms with Gasteiger partial charge >= 0.3 is 18.1 Å². The summed E-state index contributed by atoms with van der Waals surface area (Å²) in [6.45, 7) is 14.9. The number of allylic oxidation sites excluding steroid dienone is 4. The van der Waals surface area contributed by atoms with E-state index in [9.17, 15) is 14.4 Å². The number of hydrogen-bond acceptors (Lipinski definition) is 10. The van der Waals surface area contributed by atoms with Gasteiger partial charge in [0.25, 0.3) is 0 Å². The second-order valence-electron chi connectivity index (χ2n) is 16.6. The number of carbonyl (C=O) groups excluding carboxylic acids is 3. The normalized spacial score (nSPS) is 12.2. The fraction of sp³-hybridized carbons (Fsp3) is 0.863. The Morgan fingerprint density at radius 3 is 1.46 bits per heavy atom. The minimum absolute atomic E-state index is 0.0207. The lowest BCUT2D eigenvalue weighted by Gasteiger charge is -2.20. The van der Waals surface area contributed by atoms with Crippen molar-refractivity contribution < 1.29 is 42.8 Å². The molecule has 1 atom stereocenters. The van der Waals surface area contributed by atoms with Gasteiger partial charge in [-0.3, -0.25) is 9.59 Å². The van der Waals surface area contributed by atoms with Crippen molar-refractivity contribution in [3.05, 3.63) is 24.3 Å². The fourth-order valence-corrected chi connectivity index (χ4v) is 6.82. The van der Waals surface area contributed by atoms with Crippen molar-refractivity contribution in [1.29, 1.82) is 0 Å². The van der Waals surface area contributed by atoms with E-state index in [2.05, 4.69) is 63.8 Å². The highest BCUT2D eigenvalue weighted by Gasteiger charge is 2.20. The standard InChI is InChI=1S/C51H95NO9/c1-6-11-14-17-20-21-22-23-24-25-26-27-28-29-30-33-37-48(53)59-44-47(46-61-51(55)58-43-36-40-52(9-4)10-5)45-60-49(54)38-39-50(56-41-34-31-18-15-12-7-2)57-42-35-32-19-16-13-8-3/h21-22,24-25,47,50H,6-20,23,26-46H2,1-5H3/b22-21-,25-24-. The van der Waals surface area contributed by atoms with Crippen LogP contribution in [-0.2, 0) is 38.0 Å². The van der Waals surface area contributed by atoms with Crippen LogP contribution in [0.2, 0.25) is 0 Å². The molecule has 0 bridgehead atoms. The molecule has 0 amide bonds. The summed E-state index contributed by atoms with van der Waals surface area (Å²) >= 11 is 0. The van der Waals surface area contributed by atoms with Crippen LogP contribution >= 0.6 is 0 Å². The number of ether oxygens (including phenoxy) is 6. The molecule has 1 unspecified atom stereocenters. The van der Waals surface area contributed by atoms with E-state index < -0.39 is 24.3 Å². The maximum atomic E-state index is 13.0. The molecular weight excluding hydrogens is 771 g/mol. The zero-order valence-corrected chi connectivity index (χ0v) is 40.2. The van der Waals surface area contributed by atoms with Gasteiger partial charge in [0.15, 0.2) is 6.29 Å². The molecule has 61 heavy (non-hydrogen) atoms. The van der Waals surface area contributed by atoms with E-state index in [0.717, 1.165) is 90.3 Å². The van der Waals surface area contributed by atoms with Crippen LogP contribution < -0.4 is 0 Å². The molecule has 0 aliphatic carbocycles. The van der Waals surface area contributed by atoms with E-state index in [1.807, 2.05) is 0 Å². The van der Waals surface area contributed by atoms with Crippen molar-refractivity contribution in [3.8, 4) is 0 Å². The Balaban J connectivity index is 4.82. The monoisotopic (exact) mass is 866 g/mol. The van der Waals surface area contributed by atoms with Crippen LogP contribution in [0.1, 0.15) is 214 Å². The fourth-order valence-electron chi connectivity index (χ4n) is 6.82. The smallest absolute Gasteiger partial charge is 0.465 e. The van der Waals surface area contributed by atoms with Gasteiger partial charge in [-0.15, -0.1) is 0 Å². The van der Waals surface area contributed by atoms with Gasteiger partial charge in [-0.25, -0.2) is 4.79 Å². The maximum Gasteiger partial charge on any atom is 0.508 e. The Morgan fingerprint density at radius 2 is 0.918 bits per heavy atom. The van der Waals surface area contributed by atoms with E-state index >= 15 is 0 Å². The molecule has 0 heterocycles. The average Bonchev–Trinajstić information content (AvgIpc) is 3.26.